The van der Waals surface area contributed by atoms with Crippen molar-refractivity contribution in [2.24, 2.45) is 0 Å². The van der Waals surface area contributed by atoms with E-state index in [0.29, 0.717) is 23.8 Å². The summed E-state index contributed by atoms with van der Waals surface area (Å²) in [6.07, 6.45) is 2.59. The molecule has 1 atom stereocenters. The maximum absolute atomic E-state index is 12.0. The summed E-state index contributed by atoms with van der Waals surface area (Å²) in [5.74, 6) is -0.00445. The van der Waals surface area contributed by atoms with Crippen LogP contribution in [0.5, 0.6) is 0 Å². The van der Waals surface area contributed by atoms with Gasteiger partial charge in [-0.05, 0) is 19.8 Å². The zero-order valence-corrected chi connectivity index (χ0v) is 13.7. The summed E-state index contributed by atoms with van der Waals surface area (Å²) in [7, 11) is 0. The first-order valence-corrected chi connectivity index (χ1v) is 8.72. The van der Waals surface area contributed by atoms with Crippen molar-refractivity contribution in [2.45, 2.75) is 31.9 Å². The molecule has 0 aromatic carbocycles. The molecule has 122 valence electrons. The van der Waals surface area contributed by atoms with Gasteiger partial charge in [0.1, 0.15) is 5.51 Å². The van der Waals surface area contributed by atoms with Crippen LogP contribution < -0.4 is 5.32 Å². The van der Waals surface area contributed by atoms with Crippen molar-refractivity contribution in [1.29, 1.82) is 0 Å². The van der Waals surface area contributed by atoms with Crippen LogP contribution >= 0.6 is 11.3 Å². The largest absolute Gasteiger partial charge is 0.376 e. The second kappa shape index (κ2) is 7.45. The summed E-state index contributed by atoms with van der Waals surface area (Å²) < 4.78 is 5.61. The molecule has 22 heavy (non-hydrogen) atoms. The number of nitrogens with one attached hydrogen (secondary N) is 1. The zero-order valence-electron chi connectivity index (χ0n) is 12.9. The molecule has 1 N–H and O–H groups in total. The van der Waals surface area contributed by atoms with Crippen molar-refractivity contribution in [2.75, 3.05) is 44.6 Å². The van der Waals surface area contributed by atoms with Gasteiger partial charge in [-0.1, -0.05) is 11.3 Å². The van der Waals surface area contributed by atoms with Crippen molar-refractivity contribution in [1.82, 2.24) is 20.0 Å². The molecule has 0 spiro atoms. The molecule has 2 fully saturated rings. The molecule has 7 nitrogen and oxygen atoms in total. The minimum atomic E-state index is -0.00445. The Morgan fingerprint density at radius 3 is 2.95 bits per heavy atom. The van der Waals surface area contributed by atoms with Gasteiger partial charge in [-0.3, -0.25) is 19.9 Å². The van der Waals surface area contributed by atoms with E-state index in [1.807, 2.05) is 0 Å². The van der Waals surface area contributed by atoms with Crippen molar-refractivity contribution >= 4 is 22.4 Å². The Morgan fingerprint density at radius 1 is 1.45 bits per heavy atom. The van der Waals surface area contributed by atoms with Crippen LogP contribution in [0.15, 0.2) is 5.51 Å². The van der Waals surface area contributed by atoms with E-state index in [-0.39, 0.29) is 5.91 Å². The fourth-order valence-corrected chi connectivity index (χ4v) is 3.67. The van der Waals surface area contributed by atoms with E-state index < -0.39 is 0 Å². The van der Waals surface area contributed by atoms with Crippen LogP contribution in [0.3, 0.4) is 0 Å². The first-order chi connectivity index (χ1) is 10.7. The van der Waals surface area contributed by atoms with Gasteiger partial charge in [0.15, 0.2) is 0 Å². The summed E-state index contributed by atoms with van der Waals surface area (Å²) in [6.45, 7) is 7.42. The Labute approximate surface area is 134 Å². The van der Waals surface area contributed by atoms with Crippen LogP contribution in [0.2, 0.25) is 0 Å². The van der Waals surface area contributed by atoms with Gasteiger partial charge in [0, 0.05) is 32.2 Å². The van der Waals surface area contributed by atoms with Gasteiger partial charge in [-0.2, -0.15) is 0 Å². The number of hydrogen-bond acceptors (Lipinski definition) is 7. The van der Waals surface area contributed by atoms with E-state index in [1.165, 1.54) is 11.3 Å². The lowest BCUT2D eigenvalue weighted by molar-refractivity contribution is -0.117. The Hall–Kier alpha value is -1.09. The number of nitrogens with zero attached hydrogens (tertiary/aromatic N) is 4. The number of anilines is 1. The highest BCUT2D eigenvalue weighted by Crippen LogP contribution is 2.19. The lowest BCUT2D eigenvalue weighted by atomic mass is 10.0. The Balaban J connectivity index is 1.40. The molecule has 0 radical (unpaired) electrons. The predicted octanol–water partition coefficient (Wildman–Crippen LogP) is 0.662. The van der Waals surface area contributed by atoms with Crippen molar-refractivity contribution < 1.29 is 9.53 Å². The Kier molecular flexibility index (Phi) is 5.35. The van der Waals surface area contributed by atoms with Gasteiger partial charge >= 0.3 is 0 Å². The highest BCUT2D eigenvalue weighted by molar-refractivity contribution is 7.13. The van der Waals surface area contributed by atoms with Crippen molar-refractivity contribution in [3.05, 3.63) is 5.51 Å². The molecule has 0 saturated carbocycles. The highest BCUT2D eigenvalue weighted by Gasteiger charge is 2.28. The SMILES string of the molecule is C[C@H]1CN(C2CCN(CC(=O)Nc3nncs3)CC2)CCO1. The van der Waals surface area contributed by atoms with Crippen LogP contribution in [0.25, 0.3) is 0 Å². The van der Waals surface area contributed by atoms with Crippen LogP contribution in [-0.4, -0.2) is 77.4 Å². The second-order valence-electron chi connectivity index (χ2n) is 5.98. The standard InChI is InChI=1S/C14H23N5O2S/c1-11-8-19(6-7-21-11)12-2-4-18(5-3-12)9-13(20)16-14-17-15-10-22-14/h10-12H,2-9H2,1H3,(H,16,17,20)/t11-/m0/s1. The molecule has 1 aromatic rings. The molecule has 0 unspecified atom stereocenters. The van der Waals surface area contributed by atoms with E-state index in [9.17, 15) is 4.79 Å². The third-order valence-electron chi connectivity index (χ3n) is 4.32. The number of rotatable bonds is 4. The minimum absolute atomic E-state index is 0.00445. The lowest BCUT2D eigenvalue weighted by Gasteiger charge is -2.41. The summed E-state index contributed by atoms with van der Waals surface area (Å²) in [5, 5.41) is 10.9. The normalized spacial score (nSPS) is 25.2. The zero-order chi connectivity index (χ0) is 15.4. The fourth-order valence-electron chi connectivity index (χ4n) is 3.21. The quantitative estimate of drug-likeness (QED) is 0.877. The van der Waals surface area contributed by atoms with E-state index in [1.54, 1.807) is 5.51 Å². The molecular formula is C14H23N5O2S. The maximum Gasteiger partial charge on any atom is 0.240 e. The summed E-state index contributed by atoms with van der Waals surface area (Å²) in [5.41, 5.74) is 1.62. The molecule has 3 heterocycles. The van der Waals surface area contributed by atoms with Gasteiger partial charge < -0.3 is 4.74 Å². The Bertz CT molecular complexity index is 476. The predicted molar refractivity (Wildman–Crippen MR) is 85.0 cm³/mol. The van der Waals surface area contributed by atoms with E-state index in [4.69, 9.17) is 4.74 Å². The van der Waals surface area contributed by atoms with Gasteiger partial charge in [-0.15, -0.1) is 10.2 Å². The molecule has 0 bridgehead atoms. The average Bonchev–Trinajstić information content (AvgIpc) is 3.01. The lowest BCUT2D eigenvalue weighted by Crippen LogP contribution is -2.51. The number of morpholine rings is 1. The minimum Gasteiger partial charge on any atom is -0.376 e. The molecule has 8 heteroatoms. The number of aromatic nitrogens is 2. The van der Waals surface area contributed by atoms with Gasteiger partial charge in [0.05, 0.1) is 19.3 Å². The first kappa shape index (κ1) is 15.8. The number of ether oxygens (including phenoxy) is 1. The van der Waals surface area contributed by atoms with E-state index in [2.05, 4.69) is 32.2 Å². The molecular weight excluding hydrogens is 302 g/mol. The number of carbonyl (C=O) groups excluding carboxylic acids is 1. The molecule has 2 aliphatic heterocycles. The fraction of sp³-hybridized carbons (Fsp3) is 0.786. The number of likely N-dealkylation sites (tertiary alicyclic amines) is 1. The smallest absolute Gasteiger partial charge is 0.240 e. The summed E-state index contributed by atoms with van der Waals surface area (Å²) in [6, 6.07) is 0.633. The summed E-state index contributed by atoms with van der Waals surface area (Å²) >= 11 is 1.34. The van der Waals surface area contributed by atoms with E-state index in [0.717, 1.165) is 45.6 Å². The summed E-state index contributed by atoms with van der Waals surface area (Å²) in [4.78, 5) is 16.7. The first-order valence-electron chi connectivity index (χ1n) is 7.85. The number of hydrogen-bond donors (Lipinski definition) is 1. The third kappa shape index (κ3) is 4.22. The molecule has 3 rings (SSSR count). The molecule has 1 amide bonds. The van der Waals surface area contributed by atoms with Gasteiger partial charge in [-0.25, -0.2) is 0 Å². The molecule has 2 saturated heterocycles. The number of carbonyl (C=O) groups is 1. The number of piperidine rings is 1. The molecule has 0 aliphatic carbocycles. The van der Waals surface area contributed by atoms with Crippen molar-refractivity contribution in [3.63, 3.8) is 0 Å². The van der Waals surface area contributed by atoms with Crippen LogP contribution in [0.4, 0.5) is 5.13 Å². The van der Waals surface area contributed by atoms with Gasteiger partial charge in [0.2, 0.25) is 11.0 Å². The monoisotopic (exact) mass is 325 g/mol. The van der Waals surface area contributed by atoms with Crippen molar-refractivity contribution in [3.8, 4) is 0 Å². The highest BCUT2D eigenvalue weighted by atomic mass is 32.1. The average molecular weight is 325 g/mol. The van der Waals surface area contributed by atoms with Crippen LogP contribution in [0, 0.1) is 0 Å². The number of amides is 1. The molecule has 1 aromatic heterocycles. The van der Waals surface area contributed by atoms with Crippen LogP contribution in [-0.2, 0) is 9.53 Å². The third-order valence-corrected chi connectivity index (χ3v) is 4.93. The maximum atomic E-state index is 12.0. The topological polar surface area (TPSA) is 70.6 Å². The van der Waals surface area contributed by atoms with Crippen LogP contribution in [0.1, 0.15) is 19.8 Å². The second-order valence-corrected chi connectivity index (χ2v) is 6.81. The van der Waals surface area contributed by atoms with E-state index >= 15 is 0 Å². The molecule has 2 aliphatic rings. The van der Waals surface area contributed by atoms with Gasteiger partial charge in [0.25, 0.3) is 0 Å². The Morgan fingerprint density at radius 2 is 2.27 bits per heavy atom.